The van der Waals surface area contributed by atoms with Crippen LogP contribution >= 0.6 is 0 Å². The zero-order chi connectivity index (χ0) is 15.1. The number of nitrogens with one attached hydrogen (secondary N) is 3. The Balaban J connectivity index is 1.98. The van der Waals surface area contributed by atoms with Gasteiger partial charge in [-0.05, 0) is 12.3 Å². The summed E-state index contributed by atoms with van der Waals surface area (Å²) in [5, 5.41) is 14.3. The zero-order valence-corrected chi connectivity index (χ0v) is 12.9. The van der Waals surface area contributed by atoms with E-state index in [1.165, 1.54) is 0 Å². The van der Waals surface area contributed by atoms with Gasteiger partial charge in [-0.15, -0.1) is 0 Å². The van der Waals surface area contributed by atoms with Crippen molar-refractivity contribution in [2.45, 2.75) is 27.2 Å². The molecule has 0 aliphatic rings. The molecular weight excluding hydrogens is 268 g/mol. The molecule has 7 heteroatoms. The van der Waals surface area contributed by atoms with E-state index in [-0.39, 0.29) is 0 Å². The van der Waals surface area contributed by atoms with E-state index in [1.807, 2.05) is 0 Å². The first kappa shape index (κ1) is 15.5. The van der Waals surface area contributed by atoms with Gasteiger partial charge in [-0.25, -0.2) is 0 Å². The van der Waals surface area contributed by atoms with Crippen molar-refractivity contribution in [3.8, 4) is 0 Å². The van der Waals surface area contributed by atoms with E-state index in [0.717, 1.165) is 36.4 Å². The minimum absolute atomic E-state index is 0.550. The molecule has 0 radical (unpaired) electrons. The van der Waals surface area contributed by atoms with E-state index in [1.54, 1.807) is 6.20 Å². The van der Waals surface area contributed by atoms with E-state index in [2.05, 4.69) is 51.6 Å². The van der Waals surface area contributed by atoms with Crippen LogP contribution in [0.15, 0.2) is 6.20 Å². The Morgan fingerprint density at radius 3 is 2.86 bits per heavy atom. The van der Waals surface area contributed by atoms with E-state index >= 15 is 0 Å². The Hall–Kier alpha value is -1.89. The monoisotopic (exact) mass is 292 g/mol. The van der Waals surface area contributed by atoms with E-state index in [4.69, 9.17) is 4.74 Å². The van der Waals surface area contributed by atoms with Crippen molar-refractivity contribution >= 4 is 22.8 Å². The van der Waals surface area contributed by atoms with E-state index in [0.29, 0.717) is 25.0 Å². The Bertz CT molecular complexity index is 553. The number of nitrogens with zero attached hydrogens (tertiary/aromatic N) is 3. The van der Waals surface area contributed by atoms with E-state index < -0.39 is 0 Å². The molecule has 0 unspecified atom stereocenters. The molecule has 0 saturated carbocycles. The lowest BCUT2D eigenvalue weighted by Crippen LogP contribution is -2.14. The summed E-state index contributed by atoms with van der Waals surface area (Å²) in [4.78, 5) is 8.88. The Morgan fingerprint density at radius 2 is 2.10 bits per heavy atom. The molecule has 0 amide bonds. The smallest absolute Gasteiger partial charge is 0.226 e. The van der Waals surface area contributed by atoms with Crippen LogP contribution in [0.25, 0.3) is 11.0 Å². The third-order valence-electron chi connectivity index (χ3n) is 2.83. The minimum Gasteiger partial charge on any atom is -0.379 e. The lowest BCUT2D eigenvalue weighted by molar-refractivity contribution is 0.118. The molecule has 7 nitrogen and oxygen atoms in total. The molecule has 0 fully saturated rings. The maximum Gasteiger partial charge on any atom is 0.226 e. The first-order valence-corrected chi connectivity index (χ1v) is 7.47. The second kappa shape index (κ2) is 7.78. The molecule has 0 spiro atoms. The Morgan fingerprint density at radius 1 is 1.24 bits per heavy atom. The van der Waals surface area contributed by atoms with Crippen LogP contribution in [-0.4, -0.2) is 46.5 Å². The number of rotatable bonds is 9. The predicted molar refractivity (Wildman–Crippen MR) is 84.6 cm³/mol. The Labute approximate surface area is 124 Å². The molecule has 3 N–H and O–H groups in total. The maximum atomic E-state index is 5.56. The molecule has 2 aromatic rings. The molecule has 0 saturated heterocycles. The van der Waals surface area contributed by atoms with Gasteiger partial charge in [-0.2, -0.15) is 15.1 Å². The standard InChI is InChI=1S/C14H24N6O/c1-4-5-16-14-18-12(11-8-17-20-13(11)19-14)15-6-7-21-9-10(2)3/h8,10H,4-7,9H2,1-3H3,(H3,15,16,17,18,19,20). The molecule has 21 heavy (non-hydrogen) atoms. The summed E-state index contributed by atoms with van der Waals surface area (Å²) in [6.45, 7) is 9.35. The number of hydrogen-bond acceptors (Lipinski definition) is 6. The van der Waals surface area contributed by atoms with Crippen LogP contribution in [0.1, 0.15) is 27.2 Å². The van der Waals surface area contributed by atoms with Crippen LogP contribution in [-0.2, 0) is 4.74 Å². The summed E-state index contributed by atoms with van der Waals surface area (Å²) in [6, 6.07) is 0. The average Bonchev–Trinajstić information content (AvgIpc) is 2.92. The van der Waals surface area contributed by atoms with Gasteiger partial charge >= 0.3 is 0 Å². The number of hydrogen-bond donors (Lipinski definition) is 3. The van der Waals surface area contributed by atoms with Gasteiger partial charge in [-0.1, -0.05) is 20.8 Å². The van der Waals surface area contributed by atoms with Gasteiger partial charge in [0.05, 0.1) is 18.2 Å². The normalized spacial score (nSPS) is 11.2. The summed E-state index contributed by atoms with van der Waals surface area (Å²) >= 11 is 0. The quantitative estimate of drug-likeness (QED) is 0.614. The van der Waals surface area contributed by atoms with Gasteiger partial charge in [0.1, 0.15) is 5.82 Å². The summed E-state index contributed by atoms with van der Waals surface area (Å²) in [5.74, 6) is 1.94. The third-order valence-corrected chi connectivity index (χ3v) is 2.83. The molecular formula is C14H24N6O. The number of aromatic amines is 1. The number of anilines is 2. The lowest BCUT2D eigenvalue weighted by Gasteiger charge is -2.10. The van der Waals surface area contributed by atoms with Crippen LogP contribution < -0.4 is 10.6 Å². The highest BCUT2D eigenvalue weighted by atomic mass is 16.5. The van der Waals surface area contributed by atoms with Gasteiger partial charge in [0.15, 0.2) is 5.65 Å². The number of fused-ring (bicyclic) bond motifs is 1. The number of ether oxygens (including phenoxy) is 1. The van der Waals surface area contributed by atoms with E-state index in [9.17, 15) is 0 Å². The molecule has 2 aromatic heterocycles. The summed E-state index contributed by atoms with van der Waals surface area (Å²) in [6.07, 6.45) is 2.76. The van der Waals surface area contributed by atoms with Crippen LogP contribution in [0.2, 0.25) is 0 Å². The van der Waals surface area contributed by atoms with Crippen molar-refractivity contribution in [1.82, 2.24) is 20.2 Å². The molecule has 0 bridgehead atoms. The molecule has 116 valence electrons. The molecule has 0 atom stereocenters. The fourth-order valence-corrected chi connectivity index (χ4v) is 1.85. The van der Waals surface area contributed by atoms with Crippen molar-refractivity contribution in [1.29, 1.82) is 0 Å². The Kier molecular flexibility index (Phi) is 5.74. The summed E-state index contributed by atoms with van der Waals surface area (Å²) < 4.78 is 5.56. The van der Waals surface area contributed by atoms with Gasteiger partial charge < -0.3 is 15.4 Å². The highest BCUT2D eigenvalue weighted by Crippen LogP contribution is 2.19. The molecule has 0 aliphatic carbocycles. The van der Waals surface area contributed by atoms with Crippen LogP contribution in [0, 0.1) is 5.92 Å². The fourth-order valence-electron chi connectivity index (χ4n) is 1.85. The van der Waals surface area contributed by atoms with Gasteiger partial charge in [-0.3, -0.25) is 5.10 Å². The summed E-state index contributed by atoms with van der Waals surface area (Å²) in [5.41, 5.74) is 0.731. The van der Waals surface area contributed by atoms with Gasteiger partial charge in [0.2, 0.25) is 5.95 Å². The minimum atomic E-state index is 0.550. The number of aromatic nitrogens is 4. The second-order valence-corrected chi connectivity index (χ2v) is 5.35. The first-order valence-electron chi connectivity index (χ1n) is 7.47. The van der Waals surface area contributed by atoms with Crippen LogP contribution in [0.3, 0.4) is 0 Å². The second-order valence-electron chi connectivity index (χ2n) is 5.35. The maximum absolute atomic E-state index is 5.56. The molecule has 2 heterocycles. The summed E-state index contributed by atoms with van der Waals surface area (Å²) in [7, 11) is 0. The van der Waals surface area contributed by atoms with Crippen molar-refractivity contribution in [2.75, 3.05) is 36.9 Å². The largest absolute Gasteiger partial charge is 0.379 e. The predicted octanol–water partition coefficient (Wildman–Crippen LogP) is 2.26. The van der Waals surface area contributed by atoms with Gasteiger partial charge in [0.25, 0.3) is 0 Å². The van der Waals surface area contributed by atoms with Crippen molar-refractivity contribution in [2.24, 2.45) is 5.92 Å². The number of H-pyrrole nitrogens is 1. The average molecular weight is 292 g/mol. The van der Waals surface area contributed by atoms with Crippen LogP contribution in [0.4, 0.5) is 11.8 Å². The topological polar surface area (TPSA) is 87.8 Å². The highest BCUT2D eigenvalue weighted by Gasteiger charge is 2.08. The zero-order valence-electron chi connectivity index (χ0n) is 12.9. The van der Waals surface area contributed by atoms with Crippen LogP contribution in [0.5, 0.6) is 0 Å². The van der Waals surface area contributed by atoms with Gasteiger partial charge in [0, 0.05) is 19.7 Å². The molecule has 2 rings (SSSR count). The highest BCUT2D eigenvalue weighted by molar-refractivity contribution is 5.86. The van der Waals surface area contributed by atoms with Crippen molar-refractivity contribution in [3.05, 3.63) is 6.20 Å². The lowest BCUT2D eigenvalue weighted by atomic mass is 10.2. The third kappa shape index (κ3) is 4.56. The molecule has 0 aromatic carbocycles. The SMILES string of the molecule is CCCNc1nc(NCCOCC(C)C)c2cn[nH]c2n1. The van der Waals surface area contributed by atoms with Crippen molar-refractivity contribution < 1.29 is 4.74 Å². The fraction of sp³-hybridized carbons (Fsp3) is 0.643. The van der Waals surface area contributed by atoms with Crippen molar-refractivity contribution in [3.63, 3.8) is 0 Å². The molecule has 0 aliphatic heterocycles. The first-order chi connectivity index (χ1) is 10.2.